The second-order valence-electron chi connectivity index (χ2n) is 4.21. The van der Waals surface area contributed by atoms with E-state index in [1.165, 1.54) is 13.2 Å². The molecule has 0 radical (unpaired) electrons. The summed E-state index contributed by atoms with van der Waals surface area (Å²) in [5, 5.41) is 19.8. The Morgan fingerprint density at radius 2 is 2.00 bits per heavy atom. The van der Waals surface area contributed by atoms with Crippen LogP contribution >= 0.6 is 0 Å². The molecule has 0 atom stereocenters. The third kappa shape index (κ3) is 3.71. The minimum atomic E-state index is -0.644. The van der Waals surface area contributed by atoms with E-state index in [1.54, 1.807) is 13.2 Å². The SMILES string of the molecule is CCCc1cc(OC)c(/C=C(\CO)[N+](=O)[O-])cc1OC. The highest BCUT2D eigenvalue weighted by molar-refractivity contribution is 5.62. The van der Waals surface area contributed by atoms with Gasteiger partial charge in [0, 0.05) is 11.6 Å². The smallest absolute Gasteiger partial charge is 0.272 e. The molecule has 0 bridgehead atoms. The number of aliphatic hydroxyl groups excluding tert-OH is 1. The number of rotatable bonds is 7. The van der Waals surface area contributed by atoms with Gasteiger partial charge in [-0.1, -0.05) is 13.3 Å². The predicted octanol–water partition coefficient (Wildman–Crippen LogP) is 2.27. The Bertz CT molecular complexity index is 511. The number of nitro groups is 1. The number of aliphatic hydroxyl groups is 1. The van der Waals surface area contributed by atoms with E-state index < -0.39 is 11.5 Å². The van der Waals surface area contributed by atoms with Crippen molar-refractivity contribution in [1.29, 1.82) is 0 Å². The second-order valence-corrected chi connectivity index (χ2v) is 4.21. The zero-order valence-corrected chi connectivity index (χ0v) is 11.9. The van der Waals surface area contributed by atoms with Crippen molar-refractivity contribution in [2.24, 2.45) is 0 Å². The van der Waals surface area contributed by atoms with Gasteiger partial charge in [-0.2, -0.15) is 0 Å². The van der Waals surface area contributed by atoms with Crippen molar-refractivity contribution in [1.82, 2.24) is 0 Å². The van der Waals surface area contributed by atoms with E-state index in [-0.39, 0.29) is 5.70 Å². The summed E-state index contributed by atoms with van der Waals surface area (Å²) in [5.74, 6) is 1.17. The predicted molar refractivity (Wildman–Crippen MR) is 75.6 cm³/mol. The summed E-state index contributed by atoms with van der Waals surface area (Å²) in [4.78, 5) is 10.1. The molecule has 6 nitrogen and oxygen atoms in total. The van der Waals surface area contributed by atoms with Gasteiger partial charge in [-0.3, -0.25) is 10.1 Å². The quantitative estimate of drug-likeness (QED) is 0.612. The molecule has 1 N–H and O–H groups in total. The van der Waals surface area contributed by atoms with Crippen LogP contribution < -0.4 is 9.47 Å². The van der Waals surface area contributed by atoms with Crippen molar-refractivity contribution in [3.05, 3.63) is 39.1 Å². The summed E-state index contributed by atoms with van der Waals surface area (Å²) in [6.07, 6.45) is 3.06. The molecule has 1 aromatic rings. The van der Waals surface area contributed by atoms with Crippen LogP contribution in [0.3, 0.4) is 0 Å². The Morgan fingerprint density at radius 3 is 2.45 bits per heavy atom. The molecule has 0 unspecified atom stereocenters. The van der Waals surface area contributed by atoms with Crippen LogP contribution in [0.15, 0.2) is 17.8 Å². The number of ether oxygens (including phenoxy) is 2. The number of benzene rings is 1. The average molecular weight is 281 g/mol. The van der Waals surface area contributed by atoms with E-state index >= 15 is 0 Å². The number of nitrogens with zero attached hydrogens (tertiary/aromatic N) is 1. The molecular weight excluding hydrogens is 262 g/mol. The van der Waals surface area contributed by atoms with Gasteiger partial charge in [-0.25, -0.2) is 0 Å². The van der Waals surface area contributed by atoms with Crippen molar-refractivity contribution in [2.45, 2.75) is 19.8 Å². The van der Waals surface area contributed by atoms with Crippen LogP contribution in [0.1, 0.15) is 24.5 Å². The second kappa shape index (κ2) is 7.49. The first-order chi connectivity index (χ1) is 9.57. The fraction of sp³-hybridized carbons (Fsp3) is 0.429. The third-order valence-electron chi connectivity index (χ3n) is 2.87. The first-order valence-corrected chi connectivity index (χ1v) is 6.28. The van der Waals surface area contributed by atoms with Gasteiger partial charge in [0.15, 0.2) is 0 Å². The monoisotopic (exact) mass is 281 g/mol. The summed E-state index contributed by atoms with van der Waals surface area (Å²) in [6.45, 7) is 1.41. The van der Waals surface area contributed by atoms with Gasteiger partial charge in [0.1, 0.15) is 18.1 Å². The number of hydrogen-bond acceptors (Lipinski definition) is 5. The van der Waals surface area contributed by atoms with Crippen molar-refractivity contribution in [3.63, 3.8) is 0 Å². The van der Waals surface area contributed by atoms with Gasteiger partial charge in [0.25, 0.3) is 5.70 Å². The van der Waals surface area contributed by atoms with E-state index in [1.807, 2.05) is 6.07 Å². The van der Waals surface area contributed by atoms with Crippen molar-refractivity contribution in [2.75, 3.05) is 20.8 Å². The Morgan fingerprint density at radius 1 is 1.35 bits per heavy atom. The van der Waals surface area contributed by atoms with Crippen LogP contribution in [-0.2, 0) is 6.42 Å². The van der Waals surface area contributed by atoms with Crippen LogP contribution in [0.25, 0.3) is 6.08 Å². The fourth-order valence-corrected chi connectivity index (χ4v) is 1.90. The van der Waals surface area contributed by atoms with E-state index in [0.717, 1.165) is 18.4 Å². The number of hydrogen-bond donors (Lipinski definition) is 1. The molecule has 0 aliphatic heterocycles. The molecule has 0 amide bonds. The maximum Gasteiger partial charge on any atom is 0.272 e. The molecule has 20 heavy (non-hydrogen) atoms. The lowest BCUT2D eigenvalue weighted by atomic mass is 10.0. The molecule has 0 fully saturated rings. The number of methoxy groups -OCH3 is 2. The minimum Gasteiger partial charge on any atom is -0.496 e. The zero-order chi connectivity index (χ0) is 15.1. The molecule has 0 saturated carbocycles. The van der Waals surface area contributed by atoms with Crippen LogP contribution in [0.5, 0.6) is 11.5 Å². The third-order valence-corrected chi connectivity index (χ3v) is 2.87. The molecule has 0 aliphatic rings. The van der Waals surface area contributed by atoms with Gasteiger partial charge >= 0.3 is 0 Å². The van der Waals surface area contributed by atoms with Crippen molar-refractivity contribution in [3.8, 4) is 11.5 Å². The first kappa shape index (κ1) is 16.0. The standard InChI is InChI=1S/C14H19NO5/c1-4-5-10-7-14(20-3)11(8-13(10)19-2)6-12(9-16)15(17)18/h6-8,16H,4-5,9H2,1-3H3/b12-6+. The van der Waals surface area contributed by atoms with Crippen molar-refractivity contribution < 1.29 is 19.5 Å². The molecule has 110 valence electrons. The molecule has 0 aliphatic carbocycles. The molecule has 0 spiro atoms. The lowest BCUT2D eigenvalue weighted by Gasteiger charge is -2.12. The van der Waals surface area contributed by atoms with E-state index in [2.05, 4.69) is 6.92 Å². The summed E-state index contributed by atoms with van der Waals surface area (Å²) in [7, 11) is 3.05. The van der Waals surface area contributed by atoms with Crippen molar-refractivity contribution >= 4 is 6.08 Å². The van der Waals surface area contributed by atoms with Gasteiger partial charge in [0.2, 0.25) is 0 Å². The highest BCUT2D eigenvalue weighted by Crippen LogP contribution is 2.31. The van der Waals surface area contributed by atoms with Gasteiger partial charge in [-0.15, -0.1) is 0 Å². The first-order valence-electron chi connectivity index (χ1n) is 6.28. The Balaban J connectivity index is 3.35. The topological polar surface area (TPSA) is 81.8 Å². The van der Waals surface area contributed by atoms with Crippen LogP contribution in [-0.4, -0.2) is 30.9 Å². The highest BCUT2D eigenvalue weighted by atomic mass is 16.6. The molecule has 0 heterocycles. The van der Waals surface area contributed by atoms with Crippen LogP contribution in [0.2, 0.25) is 0 Å². The molecule has 1 rings (SSSR count). The fourth-order valence-electron chi connectivity index (χ4n) is 1.90. The summed E-state index contributed by atoms with van der Waals surface area (Å²) >= 11 is 0. The van der Waals surface area contributed by atoms with E-state index in [4.69, 9.17) is 14.6 Å². The normalized spacial score (nSPS) is 11.3. The van der Waals surface area contributed by atoms with Crippen LogP contribution in [0.4, 0.5) is 0 Å². The summed E-state index contributed by atoms with van der Waals surface area (Å²) in [6, 6.07) is 3.49. The molecule has 0 saturated heterocycles. The zero-order valence-electron chi connectivity index (χ0n) is 11.9. The summed E-state index contributed by atoms with van der Waals surface area (Å²) in [5.41, 5.74) is 1.19. The highest BCUT2D eigenvalue weighted by Gasteiger charge is 2.14. The number of aryl methyl sites for hydroxylation is 1. The lowest BCUT2D eigenvalue weighted by Crippen LogP contribution is -2.03. The largest absolute Gasteiger partial charge is 0.496 e. The Labute approximate surface area is 117 Å². The molecule has 0 aromatic heterocycles. The molecular formula is C14H19NO5. The molecule has 6 heteroatoms. The van der Waals surface area contributed by atoms with Crippen LogP contribution in [0, 0.1) is 10.1 Å². The van der Waals surface area contributed by atoms with Gasteiger partial charge < -0.3 is 14.6 Å². The summed E-state index contributed by atoms with van der Waals surface area (Å²) < 4.78 is 10.5. The van der Waals surface area contributed by atoms with Gasteiger partial charge in [0.05, 0.1) is 19.1 Å². The minimum absolute atomic E-state index is 0.298. The van der Waals surface area contributed by atoms with E-state index in [9.17, 15) is 10.1 Å². The Kier molecular flexibility index (Phi) is 5.99. The maximum atomic E-state index is 10.8. The molecule has 1 aromatic carbocycles. The lowest BCUT2D eigenvalue weighted by molar-refractivity contribution is -0.428. The van der Waals surface area contributed by atoms with Gasteiger partial charge in [-0.05, 0) is 24.1 Å². The van der Waals surface area contributed by atoms with E-state index in [0.29, 0.717) is 17.1 Å². The maximum absolute atomic E-state index is 10.8. The Hall–Kier alpha value is -2.08. The average Bonchev–Trinajstić information content (AvgIpc) is 2.45.